The van der Waals surface area contributed by atoms with E-state index in [0.29, 0.717) is 13.0 Å². The van der Waals surface area contributed by atoms with Crippen LogP contribution in [0.3, 0.4) is 0 Å². The number of piperidine rings is 1. The molecular weight excluding hydrogens is 230 g/mol. The third-order valence-corrected chi connectivity index (χ3v) is 4.24. The number of hydrogen-bond acceptors (Lipinski definition) is 3. The van der Waals surface area contributed by atoms with Crippen LogP contribution in [0, 0.1) is 0 Å². The predicted octanol–water partition coefficient (Wildman–Crippen LogP) is 0.256. The lowest BCUT2D eigenvalue weighted by atomic mass is 9.92. The summed E-state index contributed by atoms with van der Waals surface area (Å²) in [5.41, 5.74) is -0.375. The van der Waals surface area contributed by atoms with Crippen LogP contribution in [0.4, 0.5) is 0 Å². The van der Waals surface area contributed by atoms with Crippen molar-refractivity contribution in [1.82, 2.24) is 15.5 Å². The number of likely N-dealkylation sites (tertiary alicyclic amines) is 1. The topological polar surface area (TPSA) is 61.4 Å². The van der Waals surface area contributed by atoms with Crippen LogP contribution in [-0.4, -0.2) is 48.4 Å². The molecule has 2 aliphatic heterocycles. The summed E-state index contributed by atoms with van der Waals surface area (Å²) in [5, 5.41) is 6.44. The molecule has 2 atom stereocenters. The van der Waals surface area contributed by atoms with Gasteiger partial charge >= 0.3 is 0 Å². The minimum absolute atomic E-state index is 0.103. The Morgan fingerprint density at radius 2 is 2.39 bits per heavy atom. The van der Waals surface area contributed by atoms with Gasteiger partial charge in [-0.3, -0.25) is 9.59 Å². The minimum Gasteiger partial charge on any atom is -0.350 e. The molecule has 2 N–H and O–H groups in total. The van der Waals surface area contributed by atoms with Crippen LogP contribution < -0.4 is 10.6 Å². The maximum absolute atomic E-state index is 12.4. The highest BCUT2D eigenvalue weighted by Crippen LogP contribution is 2.23. The Morgan fingerprint density at radius 3 is 2.94 bits per heavy atom. The summed E-state index contributed by atoms with van der Waals surface area (Å²) >= 11 is 0. The van der Waals surface area contributed by atoms with Gasteiger partial charge in [0, 0.05) is 26.1 Å². The van der Waals surface area contributed by atoms with Crippen molar-refractivity contribution in [2.75, 3.05) is 20.1 Å². The smallest absolute Gasteiger partial charge is 0.240 e. The van der Waals surface area contributed by atoms with E-state index >= 15 is 0 Å². The van der Waals surface area contributed by atoms with Gasteiger partial charge in [0.2, 0.25) is 11.8 Å². The second-order valence-electron chi connectivity index (χ2n) is 5.45. The van der Waals surface area contributed by atoms with Gasteiger partial charge in [-0.15, -0.1) is 0 Å². The van der Waals surface area contributed by atoms with Gasteiger partial charge in [-0.2, -0.15) is 0 Å². The SMILES string of the molecule is CCC1(C(=O)NC2CCC(=O)N(C)C2)CCCN1. The van der Waals surface area contributed by atoms with Crippen molar-refractivity contribution in [2.45, 2.75) is 50.6 Å². The molecule has 2 amide bonds. The van der Waals surface area contributed by atoms with Gasteiger partial charge in [0.1, 0.15) is 0 Å². The maximum atomic E-state index is 12.4. The maximum Gasteiger partial charge on any atom is 0.240 e. The first-order valence-electron chi connectivity index (χ1n) is 6.87. The van der Waals surface area contributed by atoms with Crippen LogP contribution in [0.1, 0.15) is 39.0 Å². The number of nitrogens with one attached hydrogen (secondary N) is 2. The van der Waals surface area contributed by atoms with Crippen LogP contribution >= 0.6 is 0 Å². The van der Waals surface area contributed by atoms with Gasteiger partial charge in [0.15, 0.2) is 0 Å². The molecule has 2 aliphatic rings. The van der Waals surface area contributed by atoms with E-state index in [2.05, 4.69) is 17.6 Å². The largest absolute Gasteiger partial charge is 0.350 e. The quantitative estimate of drug-likeness (QED) is 0.758. The van der Waals surface area contributed by atoms with E-state index in [1.165, 1.54) is 0 Å². The molecule has 2 unspecified atom stereocenters. The summed E-state index contributed by atoms with van der Waals surface area (Å²) < 4.78 is 0. The molecule has 102 valence electrons. The van der Waals surface area contributed by atoms with Gasteiger partial charge in [-0.05, 0) is 32.2 Å². The Kier molecular flexibility index (Phi) is 3.90. The first-order valence-corrected chi connectivity index (χ1v) is 6.87. The van der Waals surface area contributed by atoms with Gasteiger partial charge in [0.05, 0.1) is 5.54 Å². The number of carbonyl (C=O) groups is 2. The lowest BCUT2D eigenvalue weighted by Crippen LogP contribution is -2.58. The van der Waals surface area contributed by atoms with E-state index in [0.717, 1.165) is 32.2 Å². The van der Waals surface area contributed by atoms with Gasteiger partial charge < -0.3 is 15.5 Å². The molecule has 2 rings (SSSR count). The van der Waals surface area contributed by atoms with Crippen LogP contribution in [0.2, 0.25) is 0 Å². The highest BCUT2D eigenvalue weighted by Gasteiger charge is 2.40. The summed E-state index contributed by atoms with van der Waals surface area (Å²) in [4.78, 5) is 25.5. The van der Waals surface area contributed by atoms with Gasteiger partial charge in [-0.1, -0.05) is 6.92 Å². The van der Waals surface area contributed by atoms with E-state index in [4.69, 9.17) is 0 Å². The fourth-order valence-electron chi connectivity index (χ4n) is 2.92. The predicted molar refractivity (Wildman–Crippen MR) is 69.1 cm³/mol. The first-order chi connectivity index (χ1) is 8.57. The summed E-state index contributed by atoms with van der Waals surface area (Å²) in [5.74, 6) is 0.278. The van der Waals surface area contributed by atoms with E-state index in [9.17, 15) is 9.59 Å². The zero-order chi connectivity index (χ0) is 13.2. The normalized spacial score (nSPS) is 32.7. The Labute approximate surface area is 108 Å². The van der Waals surface area contributed by atoms with E-state index in [1.807, 2.05) is 0 Å². The number of carbonyl (C=O) groups excluding carboxylic acids is 2. The Balaban J connectivity index is 1.93. The third-order valence-electron chi connectivity index (χ3n) is 4.24. The van der Waals surface area contributed by atoms with E-state index in [1.54, 1.807) is 11.9 Å². The molecule has 2 heterocycles. The molecule has 0 spiro atoms. The van der Waals surface area contributed by atoms with Gasteiger partial charge in [0.25, 0.3) is 0 Å². The number of rotatable bonds is 3. The van der Waals surface area contributed by atoms with E-state index < -0.39 is 0 Å². The molecule has 18 heavy (non-hydrogen) atoms. The lowest BCUT2D eigenvalue weighted by molar-refractivity contribution is -0.135. The average molecular weight is 253 g/mol. The molecule has 2 saturated heterocycles. The summed E-state index contributed by atoms with van der Waals surface area (Å²) in [6, 6.07) is 0.103. The summed E-state index contributed by atoms with van der Waals surface area (Å²) in [7, 11) is 1.80. The number of nitrogens with zero attached hydrogens (tertiary/aromatic N) is 1. The highest BCUT2D eigenvalue weighted by molar-refractivity contribution is 5.87. The second-order valence-corrected chi connectivity index (χ2v) is 5.45. The zero-order valence-corrected chi connectivity index (χ0v) is 11.3. The Morgan fingerprint density at radius 1 is 1.61 bits per heavy atom. The number of likely N-dealkylation sites (N-methyl/N-ethyl adjacent to an activating group) is 1. The monoisotopic (exact) mass is 253 g/mol. The summed E-state index contributed by atoms with van der Waals surface area (Å²) in [6.07, 6.45) is 4.09. The van der Waals surface area contributed by atoms with Crippen LogP contribution in [0.5, 0.6) is 0 Å². The average Bonchev–Trinajstić information content (AvgIpc) is 2.84. The third kappa shape index (κ3) is 2.51. The van der Waals surface area contributed by atoms with Crippen LogP contribution in [-0.2, 0) is 9.59 Å². The van der Waals surface area contributed by atoms with Crippen molar-refractivity contribution >= 4 is 11.8 Å². The molecule has 0 saturated carbocycles. The molecule has 0 aromatic rings. The fourth-order valence-corrected chi connectivity index (χ4v) is 2.92. The molecule has 5 nitrogen and oxygen atoms in total. The van der Waals surface area contributed by atoms with Crippen molar-refractivity contribution in [1.29, 1.82) is 0 Å². The van der Waals surface area contributed by atoms with E-state index in [-0.39, 0.29) is 23.4 Å². The van der Waals surface area contributed by atoms with Crippen LogP contribution in [0.15, 0.2) is 0 Å². The van der Waals surface area contributed by atoms with Crippen molar-refractivity contribution in [2.24, 2.45) is 0 Å². The highest BCUT2D eigenvalue weighted by atomic mass is 16.2. The molecule has 0 aromatic heterocycles. The molecule has 0 aromatic carbocycles. The van der Waals surface area contributed by atoms with Crippen molar-refractivity contribution in [3.8, 4) is 0 Å². The van der Waals surface area contributed by atoms with Crippen molar-refractivity contribution in [3.63, 3.8) is 0 Å². The van der Waals surface area contributed by atoms with Crippen LogP contribution in [0.25, 0.3) is 0 Å². The van der Waals surface area contributed by atoms with Crippen molar-refractivity contribution < 1.29 is 9.59 Å². The lowest BCUT2D eigenvalue weighted by Gasteiger charge is -2.34. The molecule has 0 aliphatic carbocycles. The molecule has 0 bridgehead atoms. The zero-order valence-electron chi connectivity index (χ0n) is 11.3. The molecule has 5 heteroatoms. The first kappa shape index (κ1) is 13.3. The molecule has 0 radical (unpaired) electrons. The molecular formula is C13H23N3O2. The second kappa shape index (κ2) is 5.26. The fraction of sp³-hybridized carbons (Fsp3) is 0.846. The Hall–Kier alpha value is -1.10. The number of amides is 2. The Bertz CT molecular complexity index is 337. The standard InChI is InChI=1S/C13H23N3O2/c1-3-13(7-4-8-14-13)12(18)15-10-5-6-11(17)16(2)9-10/h10,14H,3-9H2,1-2H3,(H,15,18). The minimum atomic E-state index is -0.375. The number of hydrogen-bond donors (Lipinski definition) is 2. The summed E-state index contributed by atoms with van der Waals surface area (Å²) in [6.45, 7) is 3.60. The van der Waals surface area contributed by atoms with Crippen molar-refractivity contribution in [3.05, 3.63) is 0 Å². The molecule has 2 fully saturated rings. The van der Waals surface area contributed by atoms with Gasteiger partial charge in [-0.25, -0.2) is 0 Å².